The Morgan fingerprint density at radius 2 is 1.77 bits per heavy atom. The first-order valence-corrected chi connectivity index (χ1v) is 8.17. The molecule has 0 fully saturated rings. The summed E-state index contributed by atoms with van der Waals surface area (Å²) in [6, 6.07) is 9.22. The SMILES string of the molecule is Cc1ccc(O)c(C)c1-c1nc(-c2ccncc2)cc2c(N)ncnc12. The van der Waals surface area contributed by atoms with E-state index in [2.05, 4.69) is 15.0 Å². The number of pyridine rings is 2. The number of hydrogen-bond acceptors (Lipinski definition) is 6. The number of aromatic nitrogens is 4. The maximum atomic E-state index is 10.2. The highest BCUT2D eigenvalue weighted by Crippen LogP contribution is 2.37. The van der Waals surface area contributed by atoms with Crippen LogP contribution in [-0.2, 0) is 0 Å². The molecule has 3 aromatic heterocycles. The summed E-state index contributed by atoms with van der Waals surface area (Å²) in [5.74, 6) is 0.612. The molecular weight excluding hydrogens is 326 g/mol. The number of nitrogens with zero attached hydrogens (tertiary/aromatic N) is 4. The molecule has 4 rings (SSSR count). The molecule has 0 unspecified atom stereocenters. The minimum Gasteiger partial charge on any atom is -0.508 e. The number of aryl methyl sites for hydroxylation is 1. The molecule has 0 aliphatic rings. The molecule has 0 saturated heterocycles. The van der Waals surface area contributed by atoms with Gasteiger partial charge in [-0.2, -0.15) is 0 Å². The fraction of sp³-hybridized carbons (Fsp3) is 0.100. The quantitative estimate of drug-likeness (QED) is 0.576. The summed E-state index contributed by atoms with van der Waals surface area (Å²) in [5.41, 5.74) is 11.7. The van der Waals surface area contributed by atoms with Crippen molar-refractivity contribution in [3.8, 4) is 28.3 Å². The molecule has 6 heteroatoms. The Kier molecular flexibility index (Phi) is 3.73. The molecule has 1 aromatic carbocycles. The fourth-order valence-corrected chi connectivity index (χ4v) is 3.13. The van der Waals surface area contributed by atoms with Crippen molar-refractivity contribution in [2.45, 2.75) is 13.8 Å². The number of phenols is 1. The van der Waals surface area contributed by atoms with Gasteiger partial charge in [0.15, 0.2) is 0 Å². The van der Waals surface area contributed by atoms with E-state index in [0.717, 1.165) is 33.3 Å². The van der Waals surface area contributed by atoms with Crippen molar-refractivity contribution in [1.82, 2.24) is 19.9 Å². The molecule has 3 N–H and O–H groups in total. The van der Waals surface area contributed by atoms with E-state index in [0.29, 0.717) is 17.0 Å². The lowest BCUT2D eigenvalue weighted by Crippen LogP contribution is -2.00. The molecule has 0 spiro atoms. The van der Waals surface area contributed by atoms with Crippen LogP contribution in [0.1, 0.15) is 11.1 Å². The van der Waals surface area contributed by atoms with Gasteiger partial charge in [-0.1, -0.05) is 6.07 Å². The molecule has 0 saturated carbocycles. The van der Waals surface area contributed by atoms with Crippen LogP contribution in [0.15, 0.2) is 49.1 Å². The van der Waals surface area contributed by atoms with Gasteiger partial charge in [0.05, 0.1) is 11.4 Å². The third kappa shape index (κ3) is 2.52. The monoisotopic (exact) mass is 343 g/mol. The summed E-state index contributed by atoms with van der Waals surface area (Å²) in [5, 5.41) is 10.9. The highest BCUT2D eigenvalue weighted by molar-refractivity contribution is 6.00. The van der Waals surface area contributed by atoms with Crippen LogP contribution in [0.2, 0.25) is 0 Å². The van der Waals surface area contributed by atoms with Gasteiger partial charge in [-0.3, -0.25) is 4.98 Å². The largest absolute Gasteiger partial charge is 0.508 e. The number of aromatic hydroxyl groups is 1. The lowest BCUT2D eigenvalue weighted by molar-refractivity contribution is 0.471. The molecule has 0 radical (unpaired) electrons. The second-order valence-corrected chi connectivity index (χ2v) is 6.15. The Balaban J connectivity index is 2.12. The topological polar surface area (TPSA) is 97.8 Å². The van der Waals surface area contributed by atoms with E-state index >= 15 is 0 Å². The zero-order valence-corrected chi connectivity index (χ0v) is 14.4. The summed E-state index contributed by atoms with van der Waals surface area (Å²) in [6.07, 6.45) is 4.87. The van der Waals surface area contributed by atoms with E-state index in [-0.39, 0.29) is 5.75 Å². The number of nitrogen functional groups attached to an aromatic ring is 1. The fourth-order valence-electron chi connectivity index (χ4n) is 3.13. The van der Waals surface area contributed by atoms with Gasteiger partial charge in [0, 0.05) is 34.5 Å². The predicted molar refractivity (Wildman–Crippen MR) is 102 cm³/mol. The summed E-state index contributed by atoms with van der Waals surface area (Å²) < 4.78 is 0. The highest BCUT2D eigenvalue weighted by atomic mass is 16.3. The van der Waals surface area contributed by atoms with Gasteiger partial charge in [0.2, 0.25) is 0 Å². The summed E-state index contributed by atoms with van der Waals surface area (Å²) >= 11 is 0. The van der Waals surface area contributed by atoms with Gasteiger partial charge in [0.25, 0.3) is 0 Å². The smallest absolute Gasteiger partial charge is 0.134 e. The van der Waals surface area contributed by atoms with Gasteiger partial charge in [-0.25, -0.2) is 15.0 Å². The second-order valence-electron chi connectivity index (χ2n) is 6.15. The number of hydrogen-bond donors (Lipinski definition) is 2. The standard InChI is InChI=1S/C20H17N5O/c1-11-3-4-16(26)12(2)17(11)19-18-14(20(21)24-10-23-18)9-15(25-19)13-5-7-22-8-6-13/h3-10,26H,1-2H3,(H2,21,23,24). The van der Waals surface area contributed by atoms with Crippen LogP contribution >= 0.6 is 0 Å². The first-order chi connectivity index (χ1) is 12.6. The van der Waals surface area contributed by atoms with Crippen molar-refractivity contribution in [3.05, 3.63) is 60.2 Å². The van der Waals surface area contributed by atoms with Crippen LogP contribution in [0.4, 0.5) is 5.82 Å². The van der Waals surface area contributed by atoms with E-state index in [1.165, 1.54) is 6.33 Å². The van der Waals surface area contributed by atoms with Crippen molar-refractivity contribution in [2.24, 2.45) is 0 Å². The molecule has 0 amide bonds. The first kappa shape index (κ1) is 16.0. The number of rotatable bonds is 2. The van der Waals surface area contributed by atoms with Gasteiger partial charge in [0.1, 0.15) is 23.4 Å². The lowest BCUT2D eigenvalue weighted by Gasteiger charge is -2.15. The number of anilines is 1. The van der Waals surface area contributed by atoms with Crippen LogP contribution in [0, 0.1) is 13.8 Å². The van der Waals surface area contributed by atoms with E-state index in [1.807, 2.05) is 38.1 Å². The van der Waals surface area contributed by atoms with Crippen LogP contribution < -0.4 is 5.73 Å². The first-order valence-electron chi connectivity index (χ1n) is 8.17. The van der Waals surface area contributed by atoms with Crippen molar-refractivity contribution < 1.29 is 5.11 Å². The zero-order chi connectivity index (χ0) is 18.3. The van der Waals surface area contributed by atoms with Crippen LogP contribution in [0.3, 0.4) is 0 Å². The van der Waals surface area contributed by atoms with Crippen LogP contribution in [0.5, 0.6) is 5.75 Å². The Morgan fingerprint density at radius 1 is 1.00 bits per heavy atom. The predicted octanol–water partition coefficient (Wildman–Crippen LogP) is 3.66. The summed E-state index contributed by atoms with van der Waals surface area (Å²) in [7, 11) is 0. The van der Waals surface area contributed by atoms with Gasteiger partial charge in [-0.05, 0) is 43.7 Å². The molecule has 6 nitrogen and oxygen atoms in total. The Bertz CT molecular complexity index is 1130. The molecule has 3 heterocycles. The third-order valence-electron chi connectivity index (χ3n) is 4.51. The Labute approximate surface area is 150 Å². The van der Waals surface area contributed by atoms with Crippen molar-refractivity contribution in [3.63, 3.8) is 0 Å². The number of fused-ring (bicyclic) bond motifs is 1. The maximum absolute atomic E-state index is 10.2. The molecular formula is C20H17N5O. The lowest BCUT2D eigenvalue weighted by atomic mass is 9.96. The van der Waals surface area contributed by atoms with E-state index < -0.39 is 0 Å². The Hall–Kier alpha value is -3.54. The van der Waals surface area contributed by atoms with Crippen molar-refractivity contribution in [2.75, 3.05) is 5.73 Å². The average molecular weight is 343 g/mol. The van der Waals surface area contributed by atoms with Crippen LogP contribution in [-0.4, -0.2) is 25.0 Å². The average Bonchev–Trinajstić information content (AvgIpc) is 2.66. The second kappa shape index (κ2) is 6.07. The Morgan fingerprint density at radius 3 is 2.54 bits per heavy atom. The van der Waals surface area contributed by atoms with E-state index in [9.17, 15) is 5.11 Å². The van der Waals surface area contributed by atoms with E-state index in [4.69, 9.17) is 10.7 Å². The molecule has 0 aliphatic carbocycles. The maximum Gasteiger partial charge on any atom is 0.134 e. The zero-order valence-electron chi connectivity index (χ0n) is 14.4. The van der Waals surface area contributed by atoms with Gasteiger partial charge in [-0.15, -0.1) is 0 Å². The number of benzene rings is 1. The molecule has 26 heavy (non-hydrogen) atoms. The summed E-state index contributed by atoms with van der Waals surface area (Å²) in [6.45, 7) is 3.85. The van der Waals surface area contributed by atoms with Crippen molar-refractivity contribution >= 4 is 16.7 Å². The van der Waals surface area contributed by atoms with Crippen molar-refractivity contribution in [1.29, 1.82) is 0 Å². The van der Waals surface area contributed by atoms with Gasteiger partial charge < -0.3 is 10.8 Å². The number of nitrogens with two attached hydrogens (primary N) is 1. The van der Waals surface area contributed by atoms with Gasteiger partial charge >= 0.3 is 0 Å². The molecule has 0 atom stereocenters. The normalized spacial score (nSPS) is 11.0. The van der Waals surface area contributed by atoms with Crippen LogP contribution in [0.25, 0.3) is 33.4 Å². The third-order valence-corrected chi connectivity index (χ3v) is 4.51. The highest BCUT2D eigenvalue weighted by Gasteiger charge is 2.18. The summed E-state index contributed by atoms with van der Waals surface area (Å²) in [4.78, 5) is 17.5. The molecule has 128 valence electrons. The minimum absolute atomic E-state index is 0.219. The minimum atomic E-state index is 0.219. The number of phenolic OH excluding ortho intramolecular Hbond substituents is 1. The van der Waals surface area contributed by atoms with E-state index in [1.54, 1.807) is 18.5 Å². The molecule has 4 aromatic rings. The molecule has 0 aliphatic heterocycles. The molecule has 0 bridgehead atoms.